The van der Waals surface area contributed by atoms with Gasteiger partial charge in [0.15, 0.2) is 0 Å². The quantitative estimate of drug-likeness (QED) is 0.717. The van der Waals surface area contributed by atoms with E-state index in [9.17, 15) is 0 Å². The molecule has 7 nitrogen and oxygen atoms in total. The van der Waals surface area contributed by atoms with Gasteiger partial charge in [-0.2, -0.15) is 4.98 Å². The smallest absolute Gasteiger partial charge is 0.222 e. The summed E-state index contributed by atoms with van der Waals surface area (Å²) in [5, 5.41) is 0.737. The zero-order chi connectivity index (χ0) is 18.6. The molecule has 1 aromatic carbocycles. The van der Waals surface area contributed by atoms with Crippen LogP contribution in [0.5, 0.6) is 5.75 Å². The van der Waals surface area contributed by atoms with E-state index in [4.69, 9.17) is 16.2 Å². The molecule has 0 radical (unpaired) electrons. The Kier molecular flexibility index (Phi) is 5.02. The van der Waals surface area contributed by atoms with Gasteiger partial charge in [-0.25, -0.2) is 4.98 Å². The van der Waals surface area contributed by atoms with Crippen LogP contribution in [0.25, 0.3) is 10.9 Å². The van der Waals surface area contributed by atoms with Crippen molar-refractivity contribution in [3.05, 3.63) is 48.3 Å². The van der Waals surface area contributed by atoms with Crippen molar-refractivity contribution in [3.63, 3.8) is 0 Å². The predicted molar refractivity (Wildman–Crippen MR) is 106 cm³/mol. The zero-order valence-electron chi connectivity index (χ0n) is 15.2. The molecule has 3 aromatic rings. The first-order valence-corrected chi connectivity index (χ1v) is 9.25. The van der Waals surface area contributed by atoms with E-state index in [-0.39, 0.29) is 5.95 Å². The Balaban J connectivity index is 1.35. The van der Waals surface area contributed by atoms with Gasteiger partial charge in [0.2, 0.25) is 5.95 Å². The van der Waals surface area contributed by atoms with Crippen molar-refractivity contribution in [2.45, 2.75) is 19.4 Å². The fraction of sp³-hybridized carbons (Fsp3) is 0.350. The maximum absolute atomic E-state index is 6.10. The highest BCUT2D eigenvalue weighted by Crippen LogP contribution is 2.30. The van der Waals surface area contributed by atoms with Crippen molar-refractivity contribution in [1.29, 1.82) is 0 Å². The summed E-state index contributed by atoms with van der Waals surface area (Å²) < 4.78 is 6.10. The Morgan fingerprint density at radius 1 is 1.07 bits per heavy atom. The molecule has 27 heavy (non-hydrogen) atoms. The van der Waals surface area contributed by atoms with Crippen molar-refractivity contribution >= 4 is 22.7 Å². The van der Waals surface area contributed by atoms with Crippen molar-refractivity contribution in [2.24, 2.45) is 5.92 Å². The molecule has 7 heteroatoms. The number of hydrogen-bond acceptors (Lipinski definition) is 7. The number of benzene rings is 1. The lowest BCUT2D eigenvalue weighted by Gasteiger charge is -2.31. The molecular formula is C20H24N6O. The van der Waals surface area contributed by atoms with E-state index in [0.29, 0.717) is 23.9 Å². The number of likely N-dealkylation sites (tertiary alicyclic amines) is 1. The fourth-order valence-corrected chi connectivity index (χ4v) is 3.59. The summed E-state index contributed by atoms with van der Waals surface area (Å²) in [4.78, 5) is 15.0. The topological polar surface area (TPSA) is 103 Å². The van der Waals surface area contributed by atoms with Crippen molar-refractivity contribution in [1.82, 2.24) is 19.9 Å². The maximum Gasteiger partial charge on any atom is 0.222 e. The molecule has 0 amide bonds. The van der Waals surface area contributed by atoms with E-state index in [1.54, 1.807) is 0 Å². The van der Waals surface area contributed by atoms with Crippen LogP contribution in [-0.2, 0) is 6.54 Å². The van der Waals surface area contributed by atoms with Crippen LogP contribution in [0.1, 0.15) is 18.4 Å². The van der Waals surface area contributed by atoms with Gasteiger partial charge in [-0.15, -0.1) is 0 Å². The number of fused-ring (bicyclic) bond motifs is 1. The molecule has 3 heterocycles. The molecule has 140 valence electrons. The lowest BCUT2D eigenvalue weighted by atomic mass is 9.97. The van der Waals surface area contributed by atoms with Gasteiger partial charge >= 0.3 is 0 Å². The molecule has 0 saturated carbocycles. The van der Waals surface area contributed by atoms with Gasteiger partial charge < -0.3 is 16.2 Å². The van der Waals surface area contributed by atoms with E-state index in [2.05, 4.69) is 25.9 Å². The van der Waals surface area contributed by atoms with Crippen LogP contribution in [0.2, 0.25) is 0 Å². The van der Waals surface area contributed by atoms with Crippen LogP contribution in [0.4, 0.5) is 11.8 Å². The number of pyridine rings is 1. The number of piperidine rings is 1. The molecule has 1 fully saturated rings. The monoisotopic (exact) mass is 364 g/mol. The molecule has 1 aliphatic heterocycles. The summed E-state index contributed by atoms with van der Waals surface area (Å²) in [5.74, 6) is 1.79. The number of nitrogen functional groups attached to an aromatic ring is 2. The number of hydrogen-bond donors (Lipinski definition) is 2. The third kappa shape index (κ3) is 4.09. The number of rotatable bonds is 5. The predicted octanol–water partition coefficient (Wildman–Crippen LogP) is 2.48. The molecule has 0 unspecified atom stereocenters. The van der Waals surface area contributed by atoms with E-state index in [0.717, 1.165) is 43.6 Å². The average Bonchev–Trinajstić information content (AvgIpc) is 2.68. The van der Waals surface area contributed by atoms with E-state index < -0.39 is 0 Å². The summed E-state index contributed by atoms with van der Waals surface area (Å²) in [7, 11) is 0. The van der Waals surface area contributed by atoms with Gasteiger partial charge in [-0.3, -0.25) is 9.88 Å². The molecule has 4 rings (SSSR count). The molecule has 1 aliphatic rings. The summed E-state index contributed by atoms with van der Waals surface area (Å²) in [5.41, 5.74) is 13.7. The van der Waals surface area contributed by atoms with Gasteiger partial charge in [0.1, 0.15) is 11.6 Å². The van der Waals surface area contributed by atoms with Gasteiger partial charge in [0.25, 0.3) is 0 Å². The Labute approximate surface area is 158 Å². The SMILES string of the molecule is Nc1nc(N)c2c(OCC3CCN(Cc4cccnc4)CC3)cccc2n1. The van der Waals surface area contributed by atoms with E-state index in [1.165, 1.54) is 5.56 Å². The highest BCUT2D eigenvalue weighted by molar-refractivity contribution is 5.94. The van der Waals surface area contributed by atoms with Crippen molar-refractivity contribution in [2.75, 3.05) is 31.2 Å². The van der Waals surface area contributed by atoms with Crippen LogP contribution in [0, 0.1) is 5.92 Å². The largest absolute Gasteiger partial charge is 0.492 e. The minimum atomic E-state index is 0.179. The molecule has 0 aliphatic carbocycles. The van der Waals surface area contributed by atoms with Gasteiger partial charge in [0.05, 0.1) is 17.5 Å². The second-order valence-electron chi connectivity index (χ2n) is 7.01. The van der Waals surface area contributed by atoms with E-state index in [1.807, 2.05) is 36.7 Å². The molecule has 1 saturated heterocycles. The molecule has 0 bridgehead atoms. The first-order valence-electron chi connectivity index (χ1n) is 9.25. The molecule has 2 aromatic heterocycles. The third-order valence-corrected chi connectivity index (χ3v) is 5.04. The standard InChI is InChI=1S/C20H24N6O/c21-19-18-16(24-20(22)25-19)4-1-5-17(18)27-13-14-6-9-26(10-7-14)12-15-3-2-8-23-11-15/h1-5,8,11,14H,6-7,9-10,12-13H2,(H4,21,22,24,25). The Bertz CT molecular complexity index is 909. The minimum Gasteiger partial charge on any atom is -0.492 e. The average molecular weight is 364 g/mol. The number of aromatic nitrogens is 3. The van der Waals surface area contributed by atoms with Crippen molar-refractivity contribution < 1.29 is 4.74 Å². The molecule has 0 atom stereocenters. The lowest BCUT2D eigenvalue weighted by Crippen LogP contribution is -2.35. The summed E-state index contributed by atoms with van der Waals surface area (Å²) >= 11 is 0. The van der Waals surface area contributed by atoms with Crippen LogP contribution in [0.15, 0.2) is 42.7 Å². The summed E-state index contributed by atoms with van der Waals surface area (Å²) in [6.45, 7) is 3.77. The first-order chi connectivity index (χ1) is 13.2. The molecular weight excluding hydrogens is 340 g/mol. The Morgan fingerprint density at radius 2 is 1.93 bits per heavy atom. The minimum absolute atomic E-state index is 0.179. The second kappa shape index (κ2) is 7.75. The highest BCUT2D eigenvalue weighted by Gasteiger charge is 2.20. The Morgan fingerprint density at radius 3 is 2.70 bits per heavy atom. The molecule has 0 spiro atoms. The normalized spacial score (nSPS) is 15.9. The summed E-state index contributed by atoms with van der Waals surface area (Å²) in [6.07, 6.45) is 5.98. The van der Waals surface area contributed by atoms with Crippen molar-refractivity contribution in [3.8, 4) is 5.75 Å². The van der Waals surface area contributed by atoms with Crippen LogP contribution in [0.3, 0.4) is 0 Å². The van der Waals surface area contributed by atoms with Crippen LogP contribution in [-0.4, -0.2) is 39.5 Å². The van der Waals surface area contributed by atoms with Gasteiger partial charge in [-0.1, -0.05) is 12.1 Å². The molecule has 4 N–H and O–H groups in total. The number of ether oxygens (including phenoxy) is 1. The maximum atomic E-state index is 6.10. The number of nitrogens with two attached hydrogens (primary N) is 2. The van der Waals surface area contributed by atoms with Gasteiger partial charge in [-0.05, 0) is 55.6 Å². The highest BCUT2D eigenvalue weighted by atomic mass is 16.5. The summed E-state index contributed by atoms with van der Waals surface area (Å²) in [6, 6.07) is 9.80. The lowest BCUT2D eigenvalue weighted by molar-refractivity contribution is 0.137. The number of nitrogens with zero attached hydrogens (tertiary/aromatic N) is 4. The van der Waals surface area contributed by atoms with Crippen LogP contribution >= 0.6 is 0 Å². The second-order valence-corrected chi connectivity index (χ2v) is 7.01. The number of anilines is 2. The third-order valence-electron chi connectivity index (χ3n) is 5.04. The van der Waals surface area contributed by atoms with Gasteiger partial charge in [0, 0.05) is 18.9 Å². The fourth-order valence-electron chi connectivity index (χ4n) is 3.59. The Hall–Kier alpha value is -2.93. The first kappa shape index (κ1) is 17.5. The zero-order valence-corrected chi connectivity index (χ0v) is 15.2. The van der Waals surface area contributed by atoms with Crippen LogP contribution < -0.4 is 16.2 Å². The van der Waals surface area contributed by atoms with E-state index >= 15 is 0 Å².